The third-order valence-corrected chi connectivity index (χ3v) is 3.60. The van der Waals surface area contributed by atoms with Gasteiger partial charge in [0.05, 0.1) is 12.1 Å². The van der Waals surface area contributed by atoms with Crippen LogP contribution in [-0.2, 0) is 4.74 Å². The smallest absolute Gasteiger partial charge is 0.0659 e. The van der Waals surface area contributed by atoms with Crippen LogP contribution in [0.4, 0.5) is 0 Å². The van der Waals surface area contributed by atoms with Crippen LogP contribution < -0.4 is 11.1 Å². The molecule has 1 rings (SSSR count). The van der Waals surface area contributed by atoms with Crippen molar-refractivity contribution in [1.82, 2.24) is 5.32 Å². The van der Waals surface area contributed by atoms with Crippen LogP contribution in [0.25, 0.3) is 0 Å². The molecule has 1 saturated carbocycles. The Hall–Kier alpha value is -0.120. The molecule has 0 spiro atoms. The third kappa shape index (κ3) is 3.74. The summed E-state index contributed by atoms with van der Waals surface area (Å²) in [6.07, 6.45) is 4.13. The molecule has 3 heteroatoms. The molecule has 1 atom stereocenters. The van der Waals surface area contributed by atoms with Crippen molar-refractivity contribution >= 4 is 0 Å². The van der Waals surface area contributed by atoms with Gasteiger partial charge in [0, 0.05) is 13.7 Å². The average molecular weight is 214 g/mol. The summed E-state index contributed by atoms with van der Waals surface area (Å²) in [4.78, 5) is 0. The van der Waals surface area contributed by atoms with Crippen LogP contribution in [0.3, 0.4) is 0 Å². The second-order valence-electron chi connectivity index (χ2n) is 5.11. The van der Waals surface area contributed by atoms with E-state index in [4.69, 9.17) is 10.5 Å². The molecule has 0 saturated heterocycles. The Bertz CT molecular complexity index is 180. The molecule has 0 aromatic heterocycles. The Morgan fingerprint density at radius 3 is 2.53 bits per heavy atom. The summed E-state index contributed by atoms with van der Waals surface area (Å²) in [7, 11) is 1.75. The van der Waals surface area contributed by atoms with E-state index < -0.39 is 0 Å². The third-order valence-electron chi connectivity index (χ3n) is 3.60. The number of nitrogens with two attached hydrogens (primary N) is 1. The first-order chi connectivity index (χ1) is 7.14. The molecule has 0 heterocycles. The summed E-state index contributed by atoms with van der Waals surface area (Å²) in [6.45, 7) is 6.82. The monoisotopic (exact) mass is 214 g/mol. The summed E-state index contributed by atoms with van der Waals surface area (Å²) < 4.78 is 5.29. The van der Waals surface area contributed by atoms with Crippen LogP contribution in [0, 0.1) is 11.8 Å². The lowest BCUT2D eigenvalue weighted by Gasteiger charge is -2.37. The first kappa shape index (κ1) is 12.9. The minimum absolute atomic E-state index is 0.0381. The first-order valence-electron chi connectivity index (χ1n) is 6.08. The van der Waals surface area contributed by atoms with Gasteiger partial charge in [-0.2, -0.15) is 0 Å². The number of nitrogens with one attached hydrogen (secondary N) is 1. The molecular formula is C12H26N2O. The molecular weight excluding hydrogens is 188 g/mol. The zero-order valence-electron chi connectivity index (χ0n) is 10.4. The van der Waals surface area contributed by atoms with Crippen molar-refractivity contribution in [2.75, 3.05) is 26.8 Å². The zero-order valence-corrected chi connectivity index (χ0v) is 10.4. The predicted octanol–water partition coefficient (Wildman–Crippen LogP) is 1.38. The van der Waals surface area contributed by atoms with Gasteiger partial charge >= 0.3 is 0 Å². The lowest BCUT2D eigenvalue weighted by molar-refractivity contribution is 0.0828. The van der Waals surface area contributed by atoms with Gasteiger partial charge in [0.15, 0.2) is 0 Å². The van der Waals surface area contributed by atoms with Gasteiger partial charge in [-0.3, -0.25) is 0 Å². The van der Waals surface area contributed by atoms with E-state index in [-0.39, 0.29) is 5.54 Å². The molecule has 0 aromatic rings. The minimum Gasteiger partial charge on any atom is -0.383 e. The fourth-order valence-electron chi connectivity index (χ4n) is 1.98. The van der Waals surface area contributed by atoms with Crippen LogP contribution >= 0.6 is 0 Å². The van der Waals surface area contributed by atoms with Gasteiger partial charge in [-0.25, -0.2) is 0 Å². The van der Waals surface area contributed by atoms with E-state index in [0.717, 1.165) is 12.5 Å². The number of hydrogen-bond acceptors (Lipinski definition) is 3. The highest BCUT2D eigenvalue weighted by Crippen LogP contribution is 2.32. The van der Waals surface area contributed by atoms with Crippen molar-refractivity contribution in [3.63, 3.8) is 0 Å². The molecule has 90 valence electrons. The second-order valence-corrected chi connectivity index (χ2v) is 5.11. The summed E-state index contributed by atoms with van der Waals surface area (Å²) in [5.74, 6) is 1.48. The van der Waals surface area contributed by atoms with Gasteiger partial charge in [-0.15, -0.1) is 0 Å². The summed E-state index contributed by atoms with van der Waals surface area (Å²) >= 11 is 0. The van der Waals surface area contributed by atoms with E-state index >= 15 is 0 Å². The maximum atomic E-state index is 5.88. The molecule has 15 heavy (non-hydrogen) atoms. The Labute approximate surface area is 93.8 Å². The van der Waals surface area contributed by atoms with Gasteiger partial charge in [-0.1, -0.05) is 26.7 Å². The van der Waals surface area contributed by atoms with Crippen LogP contribution in [0.5, 0.6) is 0 Å². The highest BCUT2D eigenvalue weighted by molar-refractivity contribution is 4.92. The SMILES string of the molecule is COCC(CN)(NCCC1CC1)C(C)C. The Morgan fingerprint density at radius 2 is 2.13 bits per heavy atom. The molecule has 0 aromatic carbocycles. The van der Waals surface area contributed by atoms with E-state index in [1.54, 1.807) is 7.11 Å². The normalized spacial score (nSPS) is 20.6. The van der Waals surface area contributed by atoms with Gasteiger partial charge in [0.2, 0.25) is 0 Å². The predicted molar refractivity (Wildman–Crippen MR) is 63.8 cm³/mol. The van der Waals surface area contributed by atoms with Gasteiger partial charge in [-0.05, 0) is 24.8 Å². The topological polar surface area (TPSA) is 47.3 Å². The largest absolute Gasteiger partial charge is 0.383 e. The van der Waals surface area contributed by atoms with Crippen molar-refractivity contribution in [3.05, 3.63) is 0 Å². The fraction of sp³-hybridized carbons (Fsp3) is 1.00. The number of methoxy groups -OCH3 is 1. The van der Waals surface area contributed by atoms with Crippen LogP contribution in [0.1, 0.15) is 33.1 Å². The number of rotatable bonds is 8. The van der Waals surface area contributed by atoms with Crippen molar-refractivity contribution in [3.8, 4) is 0 Å². The summed E-state index contributed by atoms with van der Waals surface area (Å²) in [6, 6.07) is 0. The van der Waals surface area contributed by atoms with Gasteiger partial charge < -0.3 is 15.8 Å². The van der Waals surface area contributed by atoms with Crippen molar-refractivity contribution in [2.45, 2.75) is 38.6 Å². The Morgan fingerprint density at radius 1 is 1.47 bits per heavy atom. The van der Waals surface area contributed by atoms with E-state index in [9.17, 15) is 0 Å². The molecule has 1 unspecified atom stereocenters. The maximum absolute atomic E-state index is 5.88. The van der Waals surface area contributed by atoms with E-state index in [1.165, 1.54) is 19.3 Å². The highest BCUT2D eigenvalue weighted by atomic mass is 16.5. The second kappa shape index (κ2) is 5.83. The molecule has 0 amide bonds. The molecule has 0 aliphatic heterocycles. The molecule has 1 fully saturated rings. The molecule has 3 N–H and O–H groups in total. The summed E-state index contributed by atoms with van der Waals surface area (Å²) in [5.41, 5.74) is 5.85. The molecule has 1 aliphatic rings. The molecule has 1 aliphatic carbocycles. The lowest BCUT2D eigenvalue weighted by Crippen LogP contribution is -2.58. The van der Waals surface area contributed by atoms with Crippen molar-refractivity contribution in [1.29, 1.82) is 0 Å². The maximum Gasteiger partial charge on any atom is 0.0659 e. The average Bonchev–Trinajstić information content (AvgIpc) is 3.00. The van der Waals surface area contributed by atoms with E-state index in [2.05, 4.69) is 19.2 Å². The highest BCUT2D eigenvalue weighted by Gasteiger charge is 2.32. The van der Waals surface area contributed by atoms with Gasteiger partial charge in [0.25, 0.3) is 0 Å². The van der Waals surface area contributed by atoms with Crippen LogP contribution in [-0.4, -0.2) is 32.3 Å². The Kier molecular flexibility index (Phi) is 5.03. The van der Waals surface area contributed by atoms with Crippen LogP contribution in [0.2, 0.25) is 0 Å². The molecule has 0 radical (unpaired) electrons. The molecule has 0 bridgehead atoms. The van der Waals surface area contributed by atoms with Crippen molar-refractivity contribution < 1.29 is 4.74 Å². The Balaban J connectivity index is 2.37. The number of hydrogen-bond donors (Lipinski definition) is 2. The van der Waals surface area contributed by atoms with Gasteiger partial charge in [0.1, 0.15) is 0 Å². The van der Waals surface area contributed by atoms with E-state index in [1.807, 2.05) is 0 Å². The zero-order chi connectivity index (χ0) is 11.3. The minimum atomic E-state index is -0.0381. The standard InChI is InChI=1S/C12H26N2O/c1-10(2)12(8-13,9-15-3)14-7-6-11-4-5-11/h10-11,14H,4-9,13H2,1-3H3. The van der Waals surface area contributed by atoms with Crippen LogP contribution in [0.15, 0.2) is 0 Å². The van der Waals surface area contributed by atoms with Crippen molar-refractivity contribution in [2.24, 2.45) is 17.6 Å². The quantitative estimate of drug-likeness (QED) is 0.641. The molecule has 3 nitrogen and oxygen atoms in total. The lowest BCUT2D eigenvalue weighted by atomic mass is 9.87. The summed E-state index contributed by atoms with van der Waals surface area (Å²) in [5, 5.41) is 3.60. The van der Waals surface area contributed by atoms with E-state index in [0.29, 0.717) is 19.1 Å². The fourth-order valence-corrected chi connectivity index (χ4v) is 1.98. The first-order valence-corrected chi connectivity index (χ1v) is 6.08. The number of ether oxygens (including phenoxy) is 1.